The number of imide groups is 1. The molecule has 2 aliphatic heterocycles. The highest BCUT2D eigenvalue weighted by Gasteiger charge is 2.47. The number of nitrogens with zero attached hydrogens (tertiary/aromatic N) is 2. The zero-order valence-electron chi connectivity index (χ0n) is 16.5. The fraction of sp³-hybridized carbons (Fsp3) is 0.571. The van der Waals surface area contributed by atoms with Gasteiger partial charge in [-0.2, -0.15) is 0 Å². The van der Waals surface area contributed by atoms with Crippen molar-refractivity contribution in [3.63, 3.8) is 0 Å². The molecule has 6 nitrogen and oxygen atoms in total. The van der Waals surface area contributed by atoms with Gasteiger partial charge in [0.05, 0.1) is 31.1 Å². The lowest BCUT2D eigenvalue weighted by atomic mass is 9.95. The number of rotatable bonds is 5. The number of aryl methyl sites for hydroxylation is 1. The number of quaternary nitrogens is 1. The van der Waals surface area contributed by atoms with Gasteiger partial charge in [-0.3, -0.25) is 14.4 Å². The van der Waals surface area contributed by atoms with Crippen molar-refractivity contribution < 1.29 is 19.3 Å². The van der Waals surface area contributed by atoms with Crippen molar-refractivity contribution in [2.75, 3.05) is 31.1 Å². The second-order valence-electron chi connectivity index (χ2n) is 7.62. The molecule has 1 unspecified atom stereocenters. The lowest BCUT2D eigenvalue weighted by molar-refractivity contribution is -0.922. The molecule has 2 fully saturated rings. The molecule has 2 aliphatic rings. The fourth-order valence-electron chi connectivity index (χ4n) is 4.33. The fourth-order valence-corrected chi connectivity index (χ4v) is 4.33. The summed E-state index contributed by atoms with van der Waals surface area (Å²) in [5.41, 5.74) is 1.74. The third-order valence-corrected chi connectivity index (χ3v) is 5.92. The Morgan fingerprint density at radius 3 is 2.48 bits per heavy atom. The minimum Gasteiger partial charge on any atom is -0.343 e. The average Bonchev–Trinajstić information content (AvgIpc) is 2.98. The van der Waals surface area contributed by atoms with Crippen LogP contribution in [0, 0.1) is 12.8 Å². The number of hydrogen-bond donors (Lipinski definition) is 1. The van der Waals surface area contributed by atoms with E-state index in [1.807, 2.05) is 49.9 Å². The molecular formula is C21H30N3O3+. The predicted molar refractivity (Wildman–Crippen MR) is 103 cm³/mol. The van der Waals surface area contributed by atoms with Crippen molar-refractivity contribution in [2.45, 2.75) is 46.1 Å². The van der Waals surface area contributed by atoms with E-state index in [-0.39, 0.29) is 36.1 Å². The first-order valence-electron chi connectivity index (χ1n) is 10.0. The van der Waals surface area contributed by atoms with Crippen LogP contribution in [-0.2, 0) is 14.4 Å². The Kier molecular flexibility index (Phi) is 5.95. The van der Waals surface area contributed by atoms with Crippen molar-refractivity contribution in [3.8, 4) is 0 Å². The lowest BCUT2D eigenvalue weighted by Crippen LogP contribution is -3.18. The second-order valence-corrected chi connectivity index (χ2v) is 7.62. The van der Waals surface area contributed by atoms with Crippen LogP contribution < -0.4 is 9.80 Å². The van der Waals surface area contributed by atoms with Crippen molar-refractivity contribution in [3.05, 3.63) is 29.8 Å². The normalized spacial score (nSPS) is 25.7. The number of carbonyl (C=O) groups excluding carboxylic acids is 3. The number of amides is 3. The third-order valence-electron chi connectivity index (χ3n) is 5.92. The highest BCUT2D eigenvalue weighted by molar-refractivity contribution is 6.21. The van der Waals surface area contributed by atoms with Gasteiger partial charge in [0.15, 0.2) is 6.04 Å². The first kappa shape index (κ1) is 19.5. The summed E-state index contributed by atoms with van der Waals surface area (Å²) in [4.78, 5) is 42.6. The molecule has 3 amide bonds. The highest BCUT2D eigenvalue weighted by Crippen LogP contribution is 2.23. The summed E-state index contributed by atoms with van der Waals surface area (Å²) < 4.78 is 0. The predicted octanol–water partition coefficient (Wildman–Crippen LogP) is 0.790. The Hall–Kier alpha value is -2.21. The van der Waals surface area contributed by atoms with Crippen LogP contribution in [0.2, 0.25) is 0 Å². The monoisotopic (exact) mass is 372 g/mol. The summed E-state index contributed by atoms with van der Waals surface area (Å²) in [6.07, 6.45) is 2.01. The maximum Gasteiger partial charge on any atom is 0.292 e. The molecule has 2 saturated heterocycles. The molecule has 0 saturated carbocycles. The molecule has 1 aromatic carbocycles. The van der Waals surface area contributed by atoms with Crippen molar-refractivity contribution in [1.82, 2.24) is 4.90 Å². The Balaban J connectivity index is 1.72. The van der Waals surface area contributed by atoms with Crippen molar-refractivity contribution in [1.29, 1.82) is 0 Å². The van der Waals surface area contributed by atoms with Crippen LogP contribution in [0.15, 0.2) is 24.3 Å². The van der Waals surface area contributed by atoms with E-state index in [1.54, 1.807) is 0 Å². The first-order chi connectivity index (χ1) is 13.0. The zero-order chi connectivity index (χ0) is 19.6. The average molecular weight is 372 g/mol. The van der Waals surface area contributed by atoms with E-state index in [0.717, 1.165) is 29.8 Å². The summed E-state index contributed by atoms with van der Waals surface area (Å²) in [6.45, 7) is 8.87. The van der Waals surface area contributed by atoms with Gasteiger partial charge in [0, 0.05) is 13.1 Å². The molecule has 146 valence electrons. The lowest BCUT2D eigenvalue weighted by Gasteiger charge is -2.34. The number of carbonyl (C=O) groups is 3. The van der Waals surface area contributed by atoms with Crippen LogP contribution in [0.25, 0.3) is 0 Å². The van der Waals surface area contributed by atoms with Gasteiger partial charge in [-0.15, -0.1) is 0 Å². The van der Waals surface area contributed by atoms with Crippen LogP contribution in [0.3, 0.4) is 0 Å². The molecule has 27 heavy (non-hydrogen) atoms. The van der Waals surface area contributed by atoms with E-state index < -0.39 is 0 Å². The molecule has 3 atom stereocenters. The van der Waals surface area contributed by atoms with Gasteiger partial charge in [0.1, 0.15) is 0 Å². The van der Waals surface area contributed by atoms with Crippen LogP contribution >= 0.6 is 0 Å². The highest BCUT2D eigenvalue weighted by atomic mass is 16.2. The Bertz CT molecular complexity index is 712. The number of benzene rings is 1. The molecule has 0 spiro atoms. The van der Waals surface area contributed by atoms with Crippen LogP contribution in [0.5, 0.6) is 0 Å². The van der Waals surface area contributed by atoms with E-state index in [0.29, 0.717) is 25.3 Å². The van der Waals surface area contributed by atoms with E-state index in [2.05, 4.69) is 0 Å². The van der Waals surface area contributed by atoms with Gasteiger partial charge in [0.2, 0.25) is 11.8 Å². The van der Waals surface area contributed by atoms with Crippen molar-refractivity contribution >= 4 is 23.4 Å². The summed E-state index contributed by atoms with van der Waals surface area (Å²) in [7, 11) is 0. The van der Waals surface area contributed by atoms with Gasteiger partial charge in [0.25, 0.3) is 5.91 Å². The molecule has 2 heterocycles. The smallest absolute Gasteiger partial charge is 0.292 e. The maximum absolute atomic E-state index is 13.0. The number of likely N-dealkylation sites (tertiary alicyclic amines) is 1. The van der Waals surface area contributed by atoms with Crippen LogP contribution in [-0.4, -0.2) is 54.8 Å². The summed E-state index contributed by atoms with van der Waals surface area (Å²) in [5.74, 6) is -0.136. The van der Waals surface area contributed by atoms with Crippen LogP contribution in [0.4, 0.5) is 5.69 Å². The number of nitrogens with one attached hydrogen (secondary N) is 1. The molecule has 0 aromatic heterocycles. The van der Waals surface area contributed by atoms with Gasteiger partial charge in [-0.05, 0) is 45.7 Å². The van der Waals surface area contributed by atoms with Crippen LogP contribution in [0.1, 0.15) is 38.7 Å². The standard InChI is InChI=1S/C21H29N3O3/c1-4-22(5-2)20(26)16-7-6-12-23(14-16)18-13-19(25)24(21(18)27)17-10-8-15(3)9-11-17/h8-11,16,18H,4-7,12-14H2,1-3H3/p+1/t16-,18+/m0/s1. The molecular weight excluding hydrogens is 342 g/mol. The molecule has 1 aromatic rings. The summed E-state index contributed by atoms with van der Waals surface area (Å²) in [6, 6.07) is 7.11. The van der Waals surface area contributed by atoms with Gasteiger partial charge >= 0.3 is 0 Å². The Morgan fingerprint density at radius 1 is 1.19 bits per heavy atom. The minimum atomic E-state index is -0.369. The molecule has 0 radical (unpaired) electrons. The minimum absolute atomic E-state index is 0.0509. The summed E-state index contributed by atoms with van der Waals surface area (Å²) in [5, 5.41) is 0. The Labute approximate surface area is 161 Å². The van der Waals surface area contributed by atoms with E-state index >= 15 is 0 Å². The molecule has 0 bridgehead atoms. The number of piperidine rings is 1. The van der Waals surface area contributed by atoms with E-state index in [1.165, 1.54) is 4.90 Å². The largest absolute Gasteiger partial charge is 0.343 e. The summed E-state index contributed by atoms with van der Waals surface area (Å²) >= 11 is 0. The van der Waals surface area contributed by atoms with E-state index in [4.69, 9.17) is 0 Å². The molecule has 1 N–H and O–H groups in total. The third kappa shape index (κ3) is 3.90. The van der Waals surface area contributed by atoms with Gasteiger partial charge in [-0.25, -0.2) is 4.90 Å². The maximum atomic E-state index is 13.0. The second kappa shape index (κ2) is 8.21. The molecule has 3 rings (SSSR count). The number of hydrogen-bond acceptors (Lipinski definition) is 3. The topological polar surface area (TPSA) is 62.1 Å². The first-order valence-corrected chi connectivity index (χ1v) is 10.0. The number of anilines is 1. The van der Waals surface area contributed by atoms with Gasteiger partial charge in [-0.1, -0.05) is 17.7 Å². The molecule has 6 heteroatoms. The molecule has 0 aliphatic carbocycles. The Morgan fingerprint density at radius 2 is 1.85 bits per heavy atom. The van der Waals surface area contributed by atoms with Gasteiger partial charge < -0.3 is 9.80 Å². The zero-order valence-corrected chi connectivity index (χ0v) is 16.5. The SMILES string of the molecule is CCN(CC)C(=O)[C@H]1CCC[NH+]([C@@H]2CC(=O)N(c3ccc(C)cc3)C2=O)C1. The quantitative estimate of drug-likeness (QED) is 0.778. The van der Waals surface area contributed by atoms with E-state index in [9.17, 15) is 14.4 Å². The van der Waals surface area contributed by atoms with Crippen molar-refractivity contribution in [2.24, 2.45) is 5.92 Å².